The lowest BCUT2D eigenvalue weighted by Crippen LogP contribution is -1.86. The number of aromatic nitrogens is 2. The second kappa shape index (κ2) is 1.91. The van der Waals surface area contributed by atoms with Gasteiger partial charge in [0.25, 0.3) is 0 Å². The first-order valence-electron chi connectivity index (χ1n) is 2.81. The van der Waals surface area contributed by atoms with Gasteiger partial charge < -0.3 is 5.73 Å². The number of nitrogens with zero attached hydrogens (tertiary/aromatic N) is 2. The van der Waals surface area contributed by atoms with Gasteiger partial charge in [-0.15, -0.1) is 11.3 Å². The molecule has 0 fully saturated rings. The van der Waals surface area contributed by atoms with E-state index in [-0.39, 0.29) is 0 Å². The lowest BCUT2D eigenvalue weighted by molar-refractivity contribution is 1.34. The van der Waals surface area contributed by atoms with Crippen LogP contribution in [0.3, 0.4) is 0 Å². The third kappa shape index (κ3) is 0.733. The number of thiazole rings is 1. The van der Waals surface area contributed by atoms with Crippen molar-refractivity contribution in [1.29, 1.82) is 0 Å². The highest BCUT2D eigenvalue weighted by molar-refractivity contribution is 7.16. The highest BCUT2D eigenvalue weighted by Crippen LogP contribution is 2.17. The Labute approximate surface area is 61.5 Å². The molecule has 2 aromatic heterocycles. The number of pyridine rings is 1. The van der Waals surface area contributed by atoms with E-state index in [0.29, 0.717) is 5.82 Å². The Kier molecular flexibility index (Phi) is 1.07. The Morgan fingerprint density at radius 1 is 1.40 bits per heavy atom. The molecule has 2 rings (SSSR count). The van der Waals surface area contributed by atoms with Gasteiger partial charge in [0.05, 0.1) is 21.9 Å². The van der Waals surface area contributed by atoms with Gasteiger partial charge >= 0.3 is 0 Å². The van der Waals surface area contributed by atoms with Gasteiger partial charge in [0.15, 0.2) is 0 Å². The Morgan fingerprint density at radius 3 is 3.20 bits per heavy atom. The van der Waals surface area contributed by atoms with Crippen LogP contribution in [0.5, 0.6) is 0 Å². The Hall–Kier alpha value is -1.16. The molecule has 2 heterocycles. The molecule has 0 aromatic carbocycles. The van der Waals surface area contributed by atoms with E-state index >= 15 is 0 Å². The average Bonchev–Trinajstić information content (AvgIpc) is 2.33. The van der Waals surface area contributed by atoms with Crippen LogP contribution in [0.2, 0.25) is 0 Å². The minimum absolute atomic E-state index is 0.553. The largest absolute Gasteiger partial charge is 0.384 e. The summed E-state index contributed by atoms with van der Waals surface area (Å²) >= 11 is 1.57. The normalized spacial score (nSPS) is 10.4. The van der Waals surface area contributed by atoms with E-state index in [1.54, 1.807) is 23.0 Å². The Bertz CT molecular complexity index is 355. The molecule has 0 saturated heterocycles. The molecule has 0 aliphatic rings. The summed E-state index contributed by atoms with van der Waals surface area (Å²) in [6, 6.07) is 1.83. The van der Waals surface area contributed by atoms with Gasteiger partial charge in [-0.2, -0.15) is 0 Å². The fourth-order valence-electron chi connectivity index (χ4n) is 0.776. The van der Waals surface area contributed by atoms with Gasteiger partial charge in [-0.3, -0.25) is 0 Å². The van der Waals surface area contributed by atoms with Crippen molar-refractivity contribution in [3.05, 3.63) is 17.8 Å². The van der Waals surface area contributed by atoms with E-state index in [9.17, 15) is 0 Å². The van der Waals surface area contributed by atoms with Crippen LogP contribution in [0.25, 0.3) is 10.2 Å². The van der Waals surface area contributed by atoms with E-state index in [2.05, 4.69) is 9.97 Å². The van der Waals surface area contributed by atoms with E-state index < -0.39 is 0 Å². The first-order valence-corrected chi connectivity index (χ1v) is 3.69. The number of nitrogen functional groups attached to an aromatic ring is 1. The van der Waals surface area contributed by atoms with Crippen LogP contribution in [-0.4, -0.2) is 9.97 Å². The van der Waals surface area contributed by atoms with Gasteiger partial charge in [-0.05, 0) is 6.07 Å². The van der Waals surface area contributed by atoms with E-state index in [4.69, 9.17) is 5.73 Å². The predicted molar refractivity (Wildman–Crippen MR) is 41.8 cm³/mol. The van der Waals surface area contributed by atoms with Crippen LogP contribution in [0.15, 0.2) is 17.8 Å². The second-order valence-corrected chi connectivity index (χ2v) is 2.82. The smallest absolute Gasteiger partial charge is 0.124 e. The highest BCUT2D eigenvalue weighted by atomic mass is 32.1. The molecule has 0 amide bonds. The summed E-state index contributed by atoms with van der Waals surface area (Å²) in [6.45, 7) is 0. The third-order valence-electron chi connectivity index (χ3n) is 1.24. The predicted octanol–water partition coefficient (Wildman–Crippen LogP) is 1.27. The van der Waals surface area contributed by atoms with Crippen molar-refractivity contribution in [3.63, 3.8) is 0 Å². The topological polar surface area (TPSA) is 51.8 Å². The molecule has 0 spiro atoms. The fourth-order valence-corrected chi connectivity index (χ4v) is 1.47. The van der Waals surface area contributed by atoms with Gasteiger partial charge in [0.2, 0.25) is 0 Å². The molecule has 0 aliphatic carbocycles. The molecule has 3 nitrogen and oxygen atoms in total. The molecular weight excluding hydrogens is 146 g/mol. The number of hydrogen-bond acceptors (Lipinski definition) is 4. The van der Waals surface area contributed by atoms with Crippen molar-refractivity contribution in [1.82, 2.24) is 9.97 Å². The van der Waals surface area contributed by atoms with Gasteiger partial charge in [0, 0.05) is 0 Å². The molecule has 4 heteroatoms. The molecule has 0 saturated carbocycles. The molecule has 0 bridgehead atoms. The van der Waals surface area contributed by atoms with Crippen LogP contribution in [0.4, 0.5) is 5.82 Å². The van der Waals surface area contributed by atoms with Crippen molar-refractivity contribution in [2.45, 2.75) is 0 Å². The first kappa shape index (κ1) is 5.61. The van der Waals surface area contributed by atoms with Crippen molar-refractivity contribution in [3.8, 4) is 0 Å². The molecule has 0 radical (unpaired) electrons. The molecular formula is C6H5N3S. The number of hydrogen-bond donors (Lipinski definition) is 1. The van der Waals surface area contributed by atoms with Crippen LogP contribution in [-0.2, 0) is 0 Å². The van der Waals surface area contributed by atoms with Crippen LogP contribution >= 0.6 is 11.3 Å². The maximum absolute atomic E-state index is 5.45. The number of fused-ring (bicyclic) bond motifs is 1. The SMILES string of the molecule is Nc1cc2scnc2cn1. The summed E-state index contributed by atoms with van der Waals surface area (Å²) in [6.07, 6.45) is 1.68. The molecule has 50 valence electrons. The monoisotopic (exact) mass is 151 g/mol. The van der Waals surface area contributed by atoms with Crippen LogP contribution in [0, 0.1) is 0 Å². The third-order valence-corrected chi connectivity index (χ3v) is 2.03. The number of nitrogens with two attached hydrogens (primary N) is 1. The molecule has 2 N–H and O–H groups in total. The van der Waals surface area contributed by atoms with E-state index in [1.165, 1.54) is 0 Å². The second-order valence-electron chi connectivity index (χ2n) is 1.93. The standard InChI is InChI=1S/C6H5N3S/c7-6-1-5-4(2-8-6)9-3-10-5/h1-3H,(H2,7,8). The lowest BCUT2D eigenvalue weighted by atomic mass is 10.4. The van der Waals surface area contributed by atoms with Gasteiger partial charge in [-0.25, -0.2) is 9.97 Å². The summed E-state index contributed by atoms with van der Waals surface area (Å²) in [5.41, 5.74) is 8.15. The van der Waals surface area contributed by atoms with E-state index in [0.717, 1.165) is 10.2 Å². The summed E-state index contributed by atoms with van der Waals surface area (Å²) in [5.74, 6) is 0.553. The summed E-state index contributed by atoms with van der Waals surface area (Å²) in [4.78, 5) is 7.96. The molecule has 0 aliphatic heterocycles. The zero-order chi connectivity index (χ0) is 6.97. The quantitative estimate of drug-likeness (QED) is 0.617. The van der Waals surface area contributed by atoms with Crippen molar-refractivity contribution >= 4 is 27.4 Å². The van der Waals surface area contributed by atoms with Crippen molar-refractivity contribution in [2.75, 3.05) is 5.73 Å². The fraction of sp³-hybridized carbons (Fsp3) is 0. The summed E-state index contributed by atoms with van der Waals surface area (Å²) in [5, 5.41) is 0. The lowest BCUT2D eigenvalue weighted by Gasteiger charge is -1.88. The summed E-state index contributed by atoms with van der Waals surface area (Å²) < 4.78 is 1.09. The number of anilines is 1. The molecule has 2 aromatic rings. The Balaban J connectivity index is 2.86. The van der Waals surface area contributed by atoms with Crippen LogP contribution < -0.4 is 5.73 Å². The number of rotatable bonds is 0. The maximum Gasteiger partial charge on any atom is 0.124 e. The minimum Gasteiger partial charge on any atom is -0.384 e. The first-order chi connectivity index (χ1) is 4.86. The van der Waals surface area contributed by atoms with E-state index in [1.807, 2.05) is 6.07 Å². The maximum atomic E-state index is 5.45. The summed E-state index contributed by atoms with van der Waals surface area (Å²) in [7, 11) is 0. The zero-order valence-electron chi connectivity index (χ0n) is 5.11. The van der Waals surface area contributed by atoms with Gasteiger partial charge in [0.1, 0.15) is 5.82 Å². The van der Waals surface area contributed by atoms with Crippen LogP contribution in [0.1, 0.15) is 0 Å². The van der Waals surface area contributed by atoms with Crippen molar-refractivity contribution in [2.24, 2.45) is 0 Å². The van der Waals surface area contributed by atoms with Crippen molar-refractivity contribution < 1.29 is 0 Å². The van der Waals surface area contributed by atoms with Gasteiger partial charge in [-0.1, -0.05) is 0 Å². The molecule has 0 unspecified atom stereocenters. The zero-order valence-corrected chi connectivity index (χ0v) is 5.93. The average molecular weight is 151 g/mol. The molecule has 10 heavy (non-hydrogen) atoms. The Morgan fingerprint density at radius 2 is 2.30 bits per heavy atom. The molecule has 0 atom stereocenters. The highest BCUT2D eigenvalue weighted by Gasteiger charge is 1.95. The minimum atomic E-state index is 0.553.